The normalized spacial score (nSPS) is 10.7. The summed E-state index contributed by atoms with van der Waals surface area (Å²) in [5.41, 5.74) is 2.60. The van der Waals surface area contributed by atoms with E-state index in [-0.39, 0.29) is 12.4 Å². The Bertz CT molecular complexity index is 903. The first kappa shape index (κ1) is 14.6. The highest BCUT2D eigenvalue weighted by atomic mass is 16.7. The van der Waals surface area contributed by atoms with Crippen LogP contribution in [0.4, 0.5) is 5.88 Å². The molecule has 0 bridgehead atoms. The van der Waals surface area contributed by atoms with E-state index in [9.17, 15) is 14.9 Å². The van der Waals surface area contributed by atoms with Crippen molar-refractivity contribution in [1.29, 1.82) is 0 Å². The minimum atomic E-state index is -0.799. The van der Waals surface area contributed by atoms with Gasteiger partial charge in [-0.2, -0.15) is 0 Å². The van der Waals surface area contributed by atoms with E-state index in [2.05, 4.69) is 9.97 Å². The topological polar surface area (TPSA) is 108 Å². The molecule has 0 N–H and O–H groups in total. The van der Waals surface area contributed by atoms with Crippen molar-refractivity contribution in [2.75, 3.05) is 0 Å². The lowest BCUT2D eigenvalue weighted by Gasteiger charge is -2.06. The fourth-order valence-corrected chi connectivity index (χ4v) is 2.00. The second-order valence-electron chi connectivity index (χ2n) is 4.72. The number of carbonyl (C=O) groups is 1. The van der Waals surface area contributed by atoms with E-state index in [1.54, 1.807) is 6.92 Å². The van der Waals surface area contributed by atoms with Gasteiger partial charge in [0, 0.05) is 0 Å². The number of esters is 1. The Morgan fingerprint density at radius 1 is 1.22 bits per heavy atom. The van der Waals surface area contributed by atoms with E-state index < -0.39 is 16.8 Å². The summed E-state index contributed by atoms with van der Waals surface area (Å²) >= 11 is 0. The molecule has 2 aromatic heterocycles. The van der Waals surface area contributed by atoms with Crippen LogP contribution >= 0.6 is 0 Å². The smallest absolute Gasteiger partial charge is 0.433 e. The molecule has 116 valence electrons. The van der Waals surface area contributed by atoms with Crippen molar-refractivity contribution in [3.63, 3.8) is 0 Å². The number of para-hydroxylation sites is 2. The number of hydrogen-bond acceptors (Lipinski definition) is 7. The molecule has 8 nitrogen and oxygen atoms in total. The van der Waals surface area contributed by atoms with Crippen LogP contribution in [0.15, 0.2) is 40.8 Å². The van der Waals surface area contributed by atoms with Crippen LogP contribution in [0.2, 0.25) is 0 Å². The quantitative estimate of drug-likeness (QED) is 0.414. The minimum absolute atomic E-state index is 0.100. The molecule has 0 radical (unpaired) electrons. The molecule has 0 aliphatic carbocycles. The van der Waals surface area contributed by atoms with Gasteiger partial charge in [-0.3, -0.25) is 10.1 Å². The number of furan rings is 1. The number of carbonyl (C=O) groups excluding carboxylic acids is 1. The average Bonchev–Trinajstić information content (AvgIpc) is 3.03. The van der Waals surface area contributed by atoms with Crippen LogP contribution in [0.1, 0.15) is 21.9 Å². The molecule has 0 unspecified atom stereocenters. The molecule has 0 aliphatic heterocycles. The fourth-order valence-electron chi connectivity index (χ4n) is 2.00. The maximum absolute atomic E-state index is 11.8. The van der Waals surface area contributed by atoms with Gasteiger partial charge in [0.25, 0.3) is 0 Å². The van der Waals surface area contributed by atoms with Crippen molar-refractivity contribution in [2.45, 2.75) is 13.5 Å². The molecule has 1 aromatic carbocycles. The monoisotopic (exact) mass is 313 g/mol. The van der Waals surface area contributed by atoms with Crippen LogP contribution in [-0.4, -0.2) is 20.9 Å². The standard InChI is InChI=1S/C15H11N3O5/c1-9-12(17-11-5-3-2-4-10(11)16-9)8-22-15(19)13-6-7-14(23-13)18(20)21/h2-7H,8H2,1H3. The van der Waals surface area contributed by atoms with Gasteiger partial charge in [0.15, 0.2) is 0 Å². The largest absolute Gasteiger partial charge is 0.453 e. The first-order chi connectivity index (χ1) is 11.0. The summed E-state index contributed by atoms with van der Waals surface area (Å²) < 4.78 is 9.87. The van der Waals surface area contributed by atoms with Crippen LogP contribution in [-0.2, 0) is 11.3 Å². The lowest BCUT2D eigenvalue weighted by molar-refractivity contribution is -0.402. The molecule has 0 amide bonds. The Morgan fingerprint density at radius 2 is 1.91 bits per heavy atom. The van der Waals surface area contributed by atoms with Crippen LogP contribution < -0.4 is 0 Å². The third-order valence-corrected chi connectivity index (χ3v) is 3.16. The van der Waals surface area contributed by atoms with Crippen molar-refractivity contribution in [3.8, 4) is 0 Å². The summed E-state index contributed by atoms with van der Waals surface area (Å²) in [6.45, 7) is 1.66. The average molecular weight is 313 g/mol. The van der Waals surface area contributed by atoms with Gasteiger partial charge in [-0.1, -0.05) is 12.1 Å². The zero-order valence-electron chi connectivity index (χ0n) is 12.1. The minimum Gasteiger partial charge on any atom is -0.453 e. The highest BCUT2D eigenvalue weighted by Crippen LogP contribution is 2.18. The molecule has 23 heavy (non-hydrogen) atoms. The van der Waals surface area contributed by atoms with E-state index in [0.29, 0.717) is 16.9 Å². The van der Waals surface area contributed by atoms with Gasteiger partial charge in [-0.15, -0.1) is 0 Å². The Morgan fingerprint density at radius 3 is 2.57 bits per heavy atom. The van der Waals surface area contributed by atoms with Gasteiger partial charge >= 0.3 is 11.9 Å². The van der Waals surface area contributed by atoms with Gasteiger partial charge in [0.05, 0.1) is 28.5 Å². The third kappa shape index (κ3) is 3.00. The summed E-state index contributed by atoms with van der Waals surface area (Å²) in [6, 6.07) is 9.64. The van der Waals surface area contributed by atoms with E-state index in [1.807, 2.05) is 24.3 Å². The number of hydrogen-bond donors (Lipinski definition) is 0. The summed E-state index contributed by atoms with van der Waals surface area (Å²) in [4.78, 5) is 30.4. The Kier molecular flexibility index (Phi) is 3.71. The molecule has 0 aliphatic rings. The van der Waals surface area contributed by atoms with Gasteiger partial charge in [-0.25, -0.2) is 14.8 Å². The zero-order valence-corrected chi connectivity index (χ0v) is 12.1. The van der Waals surface area contributed by atoms with E-state index >= 15 is 0 Å². The fraction of sp³-hybridized carbons (Fsp3) is 0.133. The molecule has 0 saturated heterocycles. The lowest BCUT2D eigenvalue weighted by Crippen LogP contribution is -2.07. The number of aryl methyl sites for hydroxylation is 1. The Hall–Kier alpha value is -3.29. The molecule has 0 atom stereocenters. The Labute approximate surface area is 129 Å². The third-order valence-electron chi connectivity index (χ3n) is 3.16. The van der Waals surface area contributed by atoms with Gasteiger partial charge in [0.1, 0.15) is 11.5 Å². The molecule has 8 heteroatoms. The van der Waals surface area contributed by atoms with Crippen molar-refractivity contribution in [2.24, 2.45) is 0 Å². The number of ether oxygens (including phenoxy) is 1. The first-order valence-corrected chi connectivity index (χ1v) is 6.68. The molecule has 0 fully saturated rings. The molecule has 0 spiro atoms. The predicted molar refractivity (Wildman–Crippen MR) is 78.8 cm³/mol. The lowest BCUT2D eigenvalue weighted by atomic mass is 10.2. The molecule has 3 aromatic rings. The van der Waals surface area contributed by atoms with Crippen molar-refractivity contribution < 1.29 is 18.9 Å². The number of nitrogens with zero attached hydrogens (tertiary/aromatic N) is 3. The summed E-state index contributed by atoms with van der Waals surface area (Å²) in [6.07, 6.45) is 0. The summed E-state index contributed by atoms with van der Waals surface area (Å²) in [5, 5.41) is 10.5. The van der Waals surface area contributed by atoms with Gasteiger partial charge in [0.2, 0.25) is 5.76 Å². The van der Waals surface area contributed by atoms with Crippen LogP contribution in [0.5, 0.6) is 0 Å². The number of nitro groups is 1. The van der Waals surface area contributed by atoms with Crippen molar-refractivity contribution in [1.82, 2.24) is 9.97 Å². The van der Waals surface area contributed by atoms with E-state index in [1.165, 1.54) is 6.07 Å². The maximum Gasteiger partial charge on any atom is 0.433 e. The van der Waals surface area contributed by atoms with Crippen molar-refractivity contribution in [3.05, 3.63) is 63.7 Å². The molecule has 0 saturated carbocycles. The summed E-state index contributed by atoms with van der Waals surface area (Å²) in [5.74, 6) is -1.55. The maximum atomic E-state index is 11.8. The highest BCUT2D eigenvalue weighted by Gasteiger charge is 2.19. The molecule has 3 rings (SSSR count). The van der Waals surface area contributed by atoms with Crippen molar-refractivity contribution >= 4 is 22.9 Å². The molecule has 2 heterocycles. The predicted octanol–water partition coefficient (Wildman–Crippen LogP) is 2.80. The van der Waals surface area contributed by atoms with Crippen LogP contribution in [0.3, 0.4) is 0 Å². The number of fused-ring (bicyclic) bond motifs is 1. The summed E-state index contributed by atoms with van der Waals surface area (Å²) in [7, 11) is 0. The van der Waals surface area contributed by atoms with Gasteiger partial charge in [-0.05, 0) is 25.1 Å². The second-order valence-corrected chi connectivity index (χ2v) is 4.72. The number of rotatable bonds is 4. The van der Waals surface area contributed by atoms with E-state index in [4.69, 9.17) is 9.15 Å². The highest BCUT2D eigenvalue weighted by molar-refractivity contribution is 5.86. The van der Waals surface area contributed by atoms with Crippen LogP contribution in [0, 0.1) is 17.0 Å². The van der Waals surface area contributed by atoms with E-state index in [0.717, 1.165) is 11.6 Å². The van der Waals surface area contributed by atoms with Crippen LogP contribution in [0.25, 0.3) is 11.0 Å². The Balaban J connectivity index is 1.75. The second kappa shape index (κ2) is 5.84. The first-order valence-electron chi connectivity index (χ1n) is 6.68. The number of benzene rings is 1. The SMILES string of the molecule is Cc1nc2ccccc2nc1COC(=O)c1ccc([N+](=O)[O-])o1. The molecular weight excluding hydrogens is 302 g/mol. The zero-order chi connectivity index (χ0) is 16.4. The molecular formula is C15H11N3O5. The number of aromatic nitrogens is 2. The van der Waals surface area contributed by atoms with Gasteiger partial charge < -0.3 is 9.15 Å².